The van der Waals surface area contributed by atoms with Crippen molar-refractivity contribution >= 4 is 28.5 Å². The van der Waals surface area contributed by atoms with Gasteiger partial charge in [0.15, 0.2) is 12.4 Å². The van der Waals surface area contributed by atoms with E-state index in [0.717, 1.165) is 22.1 Å². The van der Waals surface area contributed by atoms with Crippen molar-refractivity contribution in [2.75, 3.05) is 19.0 Å². The van der Waals surface area contributed by atoms with Crippen LogP contribution in [0.5, 0.6) is 5.75 Å². The number of methoxy groups -OCH3 is 1. The fourth-order valence-electron chi connectivity index (χ4n) is 2.64. The van der Waals surface area contributed by atoms with Crippen LogP contribution in [0, 0.1) is 6.92 Å². The smallest absolute Gasteiger partial charge is 0.313 e. The number of nitrogens with one attached hydrogen (secondary N) is 1. The molecule has 0 radical (unpaired) electrons. The zero-order chi connectivity index (χ0) is 19.4. The molecule has 0 aliphatic rings. The predicted molar refractivity (Wildman–Crippen MR) is 99.7 cm³/mol. The zero-order valence-corrected chi connectivity index (χ0v) is 15.3. The summed E-state index contributed by atoms with van der Waals surface area (Å²) in [7, 11) is 1.62. The highest BCUT2D eigenvalue weighted by molar-refractivity contribution is 5.92. The first-order chi connectivity index (χ1) is 13.0. The lowest BCUT2D eigenvalue weighted by molar-refractivity contribution is -0.148. The molecule has 0 aliphatic heterocycles. The van der Waals surface area contributed by atoms with Crippen LogP contribution < -0.4 is 10.1 Å². The summed E-state index contributed by atoms with van der Waals surface area (Å²) in [4.78, 5) is 24.1. The van der Waals surface area contributed by atoms with Gasteiger partial charge in [-0.25, -0.2) is 0 Å². The molecule has 0 fully saturated rings. The van der Waals surface area contributed by atoms with Gasteiger partial charge >= 0.3 is 5.97 Å². The van der Waals surface area contributed by atoms with Crippen LogP contribution in [0.1, 0.15) is 24.2 Å². The quantitative estimate of drug-likeness (QED) is 0.671. The van der Waals surface area contributed by atoms with Crippen LogP contribution >= 0.6 is 0 Å². The number of carbonyl (C=O) groups is 2. The van der Waals surface area contributed by atoms with Crippen molar-refractivity contribution in [1.82, 2.24) is 5.16 Å². The Morgan fingerprint density at radius 3 is 2.59 bits per heavy atom. The number of fused-ring (bicyclic) bond motifs is 1. The van der Waals surface area contributed by atoms with Crippen molar-refractivity contribution in [1.29, 1.82) is 0 Å². The third-order valence-electron chi connectivity index (χ3n) is 4.17. The minimum Gasteiger partial charge on any atom is -0.497 e. The number of ether oxygens (including phenoxy) is 2. The van der Waals surface area contributed by atoms with Crippen LogP contribution in [0.25, 0.3) is 10.8 Å². The van der Waals surface area contributed by atoms with Gasteiger partial charge in [0.05, 0.1) is 13.0 Å². The molecule has 7 nitrogen and oxygen atoms in total. The number of amides is 1. The molecule has 1 amide bonds. The van der Waals surface area contributed by atoms with Gasteiger partial charge in [-0.15, -0.1) is 0 Å². The monoisotopic (exact) mass is 368 g/mol. The SMILES string of the molecule is COc1ccc2cc([C@H](C)C(=O)OCC(=O)Nc3cc(C)on3)ccc2c1. The summed E-state index contributed by atoms with van der Waals surface area (Å²) >= 11 is 0. The Morgan fingerprint density at radius 2 is 1.89 bits per heavy atom. The van der Waals surface area contributed by atoms with Gasteiger partial charge in [0.1, 0.15) is 11.5 Å². The summed E-state index contributed by atoms with van der Waals surface area (Å²) in [5.74, 6) is 0.176. The fraction of sp³-hybridized carbons (Fsp3) is 0.250. The average molecular weight is 368 g/mol. The van der Waals surface area contributed by atoms with Gasteiger partial charge in [-0.1, -0.05) is 29.4 Å². The molecule has 2 aromatic carbocycles. The molecule has 1 heterocycles. The van der Waals surface area contributed by atoms with Gasteiger partial charge < -0.3 is 19.3 Å². The number of rotatable bonds is 6. The van der Waals surface area contributed by atoms with Crippen molar-refractivity contribution in [2.45, 2.75) is 19.8 Å². The van der Waals surface area contributed by atoms with Crippen LogP contribution in [0.4, 0.5) is 5.82 Å². The van der Waals surface area contributed by atoms with Crippen LogP contribution in [-0.2, 0) is 14.3 Å². The highest BCUT2D eigenvalue weighted by Gasteiger charge is 2.19. The largest absolute Gasteiger partial charge is 0.497 e. The van der Waals surface area contributed by atoms with Gasteiger partial charge in [0.25, 0.3) is 5.91 Å². The Kier molecular flexibility index (Phi) is 5.40. The van der Waals surface area contributed by atoms with Gasteiger partial charge in [0.2, 0.25) is 0 Å². The lowest BCUT2D eigenvalue weighted by Gasteiger charge is -2.13. The third-order valence-corrected chi connectivity index (χ3v) is 4.17. The van der Waals surface area contributed by atoms with Crippen molar-refractivity contribution in [2.24, 2.45) is 0 Å². The maximum Gasteiger partial charge on any atom is 0.313 e. The normalized spacial score (nSPS) is 11.8. The summed E-state index contributed by atoms with van der Waals surface area (Å²) in [6.45, 7) is 3.07. The Bertz CT molecular complexity index is 979. The number of hydrogen-bond acceptors (Lipinski definition) is 6. The van der Waals surface area contributed by atoms with E-state index >= 15 is 0 Å². The number of hydrogen-bond donors (Lipinski definition) is 1. The first kappa shape index (κ1) is 18.4. The third kappa shape index (κ3) is 4.44. The van der Waals surface area contributed by atoms with Crippen molar-refractivity contribution in [3.05, 3.63) is 53.8 Å². The van der Waals surface area contributed by atoms with Crippen molar-refractivity contribution in [3.8, 4) is 5.75 Å². The molecule has 0 bridgehead atoms. The van der Waals surface area contributed by atoms with Crippen LogP contribution in [0.2, 0.25) is 0 Å². The second-order valence-electron chi connectivity index (χ2n) is 6.17. The molecule has 3 rings (SSSR count). The highest BCUT2D eigenvalue weighted by Crippen LogP contribution is 2.25. The first-order valence-electron chi connectivity index (χ1n) is 8.44. The fourth-order valence-corrected chi connectivity index (χ4v) is 2.64. The molecular weight excluding hydrogens is 348 g/mol. The minimum absolute atomic E-state index is 0.284. The van der Waals surface area contributed by atoms with E-state index in [1.165, 1.54) is 0 Å². The first-order valence-corrected chi connectivity index (χ1v) is 8.44. The molecule has 140 valence electrons. The molecule has 0 aliphatic carbocycles. The van der Waals surface area contributed by atoms with E-state index in [0.29, 0.717) is 5.76 Å². The van der Waals surface area contributed by atoms with E-state index in [1.807, 2.05) is 36.4 Å². The van der Waals surface area contributed by atoms with E-state index in [4.69, 9.17) is 14.0 Å². The minimum atomic E-state index is -0.501. The van der Waals surface area contributed by atoms with E-state index in [9.17, 15) is 9.59 Å². The number of aromatic nitrogens is 1. The molecule has 0 spiro atoms. The maximum absolute atomic E-state index is 12.3. The molecule has 0 saturated heterocycles. The molecule has 1 atom stereocenters. The number of benzene rings is 2. The van der Waals surface area contributed by atoms with E-state index in [-0.39, 0.29) is 12.4 Å². The molecule has 0 saturated carbocycles. The second-order valence-corrected chi connectivity index (χ2v) is 6.17. The summed E-state index contributed by atoms with van der Waals surface area (Å²) in [6, 6.07) is 13.0. The second kappa shape index (κ2) is 7.90. The molecule has 27 heavy (non-hydrogen) atoms. The van der Waals surface area contributed by atoms with Gasteiger partial charge in [-0.05, 0) is 42.3 Å². The summed E-state index contributed by atoms with van der Waals surface area (Å²) in [5, 5.41) is 8.16. The Balaban J connectivity index is 1.61. The number of nitrogens with zero attached hydrogens (tertiary/aromatic N) is 1. The summed E-state index contributed by atoms with van der Waals surface area (Å²) in [5.41, 5.74) is 0.810. The van der Waals surface area contributed by atoms with E-state index in [1.54, 1.807) is 27.0 Å². The highest BCUT2D eigenvalue weighted by atomic mass is 16.5. The topological polar surface area (TPSA) is 90.7 Å². The van der Waals surface area contributed by atoms with Crippen molar-refractivity contribution < 1.29 is 23.6 Å². The van der Waals surface area contributed by atoms with Gasteiger partial charge in [-0.3, -0.25) is 9.59 Å². The number of aryl methyl sites for hydroxylation is 1. The Hall–Kier alpha value is -3.35. The summed E-state index contributed by atoms with van der Waals surface area (Å²) < 4.78 is 15.2. The average Bonchev–Trinajstić information content (AvgIpc) is 3.09. The van der Waals surface area contributed by atoms with Crippen LogP contribution in [0.3, 0.4) is 0 Å². The van der Waals surface area contributed by atoms with E-state index < -0.39 is 17.8 Å². The summed E-state index contributed by atoms with van der Waals surface area (Å²) in [6.07, 6.45) is 0. The Labute approximate surface area is 156 Å². The van der Waals surface area contributed by atoms with Crippen LogP contribution in [-0.4, -0.2) is 30.7 Å². The number of carbonyl (C=O) groups excluding carboxylic acids is 2. The number of esters is 1. The molecule has 1 N–H and O–H groups in total. The Morgan fingerprint density at radius 1 is 1.15 bits per heavy atom. The maximum atomic E-state index is 12.3. The van der Waals surface area contributed by atoms with Gasteiger partial charge in [-0.2, -0.15) is 0 Å². The standard InChI is InChI=1S/C20H20N2O5/c1-12-8-18(22-27-12)21-19(23)11-26-20(24)13(2)14-4-5-16-10-17(25-3)7-6-15(16)9-14/h4-10,13H,11H2,1-3H3,(H,21,22,23)/t13-/m0/s1. The van der Waals surface area contributed by atoms with Gasteiger partial charge in [0, 0.05) is 6.07 Å². The number of anilines is 1. The van der Waals surface area contributed by atoms with Crippen LogP contribution in [0.15, 0.2) is 47.0 Å². The molecular formula is C20H20N2O5. The molecule has 1 aromatic heterocycles. The van der Waals surface area contributed by atoms with Crippen molar-refractivity contribution in [3.63, 3.8) is 0 Å². The van der Waals surface area contributed by atoms with E-state index in [2.05, 4.69) is 10.5 Å². The molecule has 0 unspecified atom stereocenters. The zero-order valence-electron chi connectivity index (χ0n) is 15.3. The molecule has 3 aromatic rings. The lowest BCUT2D eigenvalue weighted by atomic mass is 9.98. The molecule has 7 heteroatoms. The lowest BCUT2D eigenvalue weighted by Crippen LogP contribution is -2.23. The predicted octanol–water partition coefficient (Wildman–Crippen LogP) is 3.43.